The molecule has 0 rings (SSSR count). The Labute approximate surface area is 71.7 Å². The van der Waals surface area contributed by atoms with Crippen molar-refractivity contribution < 1.29 is 14.3 Å². The van der Waals surface area contributed by atoms with E-state index in [4.69, 9.17) is 0 Å². The first-order chi connectivity index (χ1) is 5.70. The Morgan fingerprint density at radius 2 is 2.00 bits per heavy atom. The molecule has 0 unspecified atom stereocenters. The van der Waals surface area contributed by atoms with Gasteiger partial charge in [0.05, 0.1) is 0 Å². The summed E-state index contributed by atoms with van der Waals surface area (Å²) in [6.07, 6.45) is 6.38. The Kier molecular flexibility index (Phi) is 5.61. The fraction of sp³-hybridized carbons (Fsp3) is 0.333. The molecular weight excluding hydrogens is 156 g/mol. The number of esters is 2. The number of carbonyl (C=O) groups is 2. The van der Waals surface area contributed by atoms with Crippen molar-refractivity contribution in [1.82, 2.24) is 0 Å². The summed E-state index contributed by atoms with van der Waals surface area (Å²) in [5.74, 6) is -1.13. The summed E-state index contributed by atoms with van der Waals surface area (Å²) in [6, 6.07) is 0. The molecule has 0 saturated carbocycles. The molecule has 3 heteroatoms. The van der Waals surface area contributed by atoms with E-state index in [0.29, 0.717) is 0 Å². The molecule has 0 aromatic heterocycles. The number of rotatable bonds is 3. The first-order valence-corrected chi connectivity index (χ1v) is 3.74. The van der Waals surface area contributed by atoms with Gasteiger partial charge in [-0.2, -0.15) is 0 Å². The van der Waals surface area contributed by atoms with Crippen LogP contribution in [0.2, 0.25) is 0 Å². The SMILES string of the molecule is C/C=C/C=C/C(=O)OC(=O)CC. The van der Waals surface area contributed by atoms with Crippen LogP contribution in [0.1, 0.15) is 20.3 Å². The summed E-state index contributed by atoms with van der Waals surface area (Å²) in [5.41, 5.74) is 0. The van der Waals surface area contributed by atoms with Crippen LogP contribution in [0.5, 0.6) is 0 Å². The summed E-state index contributed by atoms with van der Waals surface area (Å²) in [6.45, 7) is 3.46. The van der Waals surface area contributed by atoms with Crippen molar-refractivity contribution in [2.75, 3.05) is 0 Å². The zero-order valence-corrected chi connectivity index (χ0v) is 7.24. The highest BCUT2D eigenvalue weighted by Crippen LogP contribution is 1.87. The van der Waals surface area contributed by atoms with Gasteiger partial charge in [0, 0.05) is 12.5 Å². The van der Waals surface area contributed by atoms with Gasteiger partial charge in [0.25, 0.3) is 0 Å². The van der Waals surface area contributed by atoms with Gasteiger partial charge in [-0.15, -0.1) is 0 Å². The van der Waals surface area contributed by atoms with E-state index in [1.165, 1.54) is 12.2 Å². The van der Waals surface area contributed by atoms with E-state index in [1.807, 2.05) is 6.92 Å². The van der Waals surface area contributed by atoms with Gasteiger partial charge in [0.15, 0.2) is 0 Å². The van der Waals surface area contributed by atoms with Crippen LogP contribution in [-0.4, -0.2) is 11.9 Å². The van der Waals surface area contributed by atoms with Crippen molar-refractivity contribution in [2.24, 2.45) is 0 Å². The van der Waals surface area contributed by atoms with Gasteiger partial charge in [0.1, 0.15) is 0 Å². The van der Waals surface area contributed by atoms with Crippen molar-refractivity contribution >= 4 is 11.9 Å². The summed E-state index contributed by atoms with van der Waals surface area (Å²) < 4.78 is 4.35. The molecule has 12 heavy (non-hydrogen) atoms. The van der Waals surface area contributed by atoms with Crippen LogP contribution >= 0.6 is 0 Å². The van der Waals surface area contributed by atoms with Crippen LogP contribution in [-0.2, 0) is 14.3 Å². The molecule has 0 aromatic rings. The van der Waals surface area contributed by atoms with Crippen molar-refractivity contribution in [2.45, 2.75) is 20.3 Å². The Bertz CT molecular complexity index is 214. The van der Waals surface area contributed by atoms with Gasteiger partial charge < -0.3 is 4.74 Å². The number of carbonyl (C=O) groups excluding carboxylic acids is 2. The third-order valence-corrected chi connectivity index (χ3v) is 1.04. The van der Waals surface area contributed by atoms with Gasteiger partial charge in [-0.25, -0.2) is 4.79 Å². The second-order valence-corrected chi connectivity index (χ2v) is 2.03. The number of ether oxygens (including phenoxy) is 1. The largest absolute Gasteiger partial charge is 0.390 e. The van der Waals surface area contributed by atoms with Gasteiger partial charge in [0.2, 0.25) is 0 Å². The lowest BCUT2D eigenvalue weighted by Gasteiger charge is -1.93. The minimum atomic E-state index is -0.625. The minimum absolute atomic E-state index is 0.212. The predicted octanol–water partition coefficient (Wildman–Crippen LogP) is 1.60. The van der Waals surface area contributed by atoms with E-state index in [2.05, 4.69) is 4.74 Å². The highest BCUT2D eigenvalue weighted by atomic mass is 16.6. The van der Waals surface area contributed by atoms with Crippen LogP contribution in [0.25, 0.3) is 0 Å². The first kappa shape index (κ1) is 10.6. The molecule has 66 valence electrons. The average Bonchev–Trinajstić information content (AvgIpc) is 2.05. The van der Waals surface area contributed by atoms with E-state index < -0.39 is 11.9 Å². The van der Waals surface area contributed by atoms with Crippen LogP contribution < -0.4 is 0 Å². The lowest BCUT2D eigenvalue weighted by atomic mass is 10.4. The standard InChI is InChI=1S/C9H12O3/c1-3-5-6-7-9(11)12-8(10)4-2/h3,5-7H,4H2,1-2H3/b5-3+,7-6+. The zero-order chi connectivity index (χ0) is 9.40. The van der Waals surface area contributed by atoms with Crippen molar-refractivity contribution in [3.05, 3.63) is 24.3 Å². The van der Waals surface area contributed by atoms with E-state index >= 15 is 0 Å². The maximum atomic E-state index is 10.7. The normalized spacial score (nSPS) is 10.8. The van der Waals surface area contributed by atoms with E-state index in [1.54, 1.807) is 19.1 Å². The summed E-state index contributed by atoms with van der Waals surface area (Å²) in [7, 11) is 0. The molecule has 0 amide bonds. The molecule has 0 aliphatic heterocycles. The monoisotopic (exact) mass is 168 g/mol. The zero-order valence-electron chi connectivity index (χ0n) is 7.24. The Hall–Kier alpha value is -1.38. The van der Waals surface area contributed by atoms with Gasteiger partial charge in [-0.05, 0) is 6.92 Å². The van der Waals surface area contributed by atoms with Crippen LogP contribution in [0, 0.1) is 0 Å². The van der Waals surface area contributed by atoms with Crippen molar-refractivity contribution in [3.8, 4) is 0 Å². The lowest BCUT2D eigenvalue weighted by Crippen LogP contribution is -2.07. The molecule has 0 spiro atoms. The van der Waals surface area contributed by atoms with E-state index in [-0.39, 0.29) is 6.42 Å². The van der Waals surface area contributed by atoms with E-state index in [9.17, 15) is 9.59 Å². The van der Waals surface area contributed by atoms with Gasteiger partial charge in [-0.1, -0.05) is 25.2 Å². The van der Waals surface area contributed by atoms with E-state index in [0.717, 1.165) is 0 Å². The fourth-order valence-corrected chi connectivity index (χ4v) is 0.464. The Morgan fingerprint density at radius 3 is 2.50 bits per heavy atom. The third-order valence-electron chi connectivity index (χ3n) is 1.04. The summed E-state index contributed by atoms with van der Waals surface area (Å²) in [4.78, 5) is 21.3. The van der Waals surface area contributed by atoms with Crippen LogP contribution in [0.15, 0.2) is 24.3 Å². The molecule has 0 radical (unpaired) electrons. The van der Waals surface area contributed by atoms with Crippen molar-refractivity contribution in [1.29, 1.82) is 0 Å². The number of hydrogen-bond acceptors (Lipinski definition) is 3. The molecule has 3 nitrogen and oxygen atoms in total. The highest BCUT2D eigenvalue weighted by Gasteiger charge is 2.02. The quantitative estimate of drug-likeness (QED) is 0.278. The molecule has 0 aromatic carbocycles. The number of hydrogen-bond donors (Lipinski definition) is 0. The van der Waals surface area contributed by atoms with Crippen molar-refractivity contribution in [3.63, 3.8) is 0 Å². The molecule has 0 heterocycles. The Morgan fingerprint density at radius 1 is 1.33 bits per heavy atom. The second-order valence-electron chi connectivity index (χ2n) is 2.03. The molecule has 0 aliphatic rings. The maximum absolute atomic E-state index is 10.7. The molecule has 0 aliphatic carbocycles. The van der Waals surface area contributed by atoms with Gasteiger partial charge in [-0.3, -0.25) is 4.79 Å². The Balaban J connectivity index is 3.81. The molecule has 0 fully saturated rings. The highest BCUT2D eigenvalue weighted by molar-refractivity contribution is 5.92. The topological polar surface area (TPSA) is 43.4 Å². The van der Waals surface area contributed by atoms with Crippen LogP contribution in [0.4, 0.5) is 0 Å². The fourth-order valence-electron chi connectivity index (χ4n) is 0.464. The minimum Gasteiger partial charge on any atom is -0.390 e. The summed E-state index contributed by atoms with van der Waals surface area (Å²) in [5, 5.41) is 0. The third kappa shape index (κ3) is 5.41. The number of allylic oxidation sites excluding steroid dienone is 3. The molecule has 0 atom stereocenters. The molecule has 0 saturated heterocycles. The summed E-state index contributed by atoms with van der Waals surface area (Å²) >= 11 is 0. The van der Waals surface area contributed by atoms with Gasteiger partial charge >= 0.3 is 11.9 Å². The first-order valence-electron chi connectivity index (χ1n) is 3.74. The predicted molar refractivity (Wildman–Crippen MR) is 45.3 cm³/mol. The lowest BCUT2D eigenvalue weighted by molar-refractivity contribution is -0.155. The molecule has 0 bridgehead atoms. The second kappa shape index (κ2) is 6.34. The average molecular weight is 168 g/mol. The maximum Gasteiger partial charge on any atom is 0.338 e. The van der Waals surface area contributed by atoms with Crippen LogP contribution in [0.3, 0.4) is 0 Å². The molecular formula is C9H12O3. The molecule has 0 N–H and O–H groups in total. The smallest absolute Gasteiger partial charge is 0.338 e.